The molecule has 2 aromatic heterocycles. The molecular formula is C13H12BrN3O. The van der Waals surface area contributed by atoms with Gasteiger partial charge in [0.1, 0.15) is 5.69 Å². The van der Waals surface area contributed by atoms with Crippen LogP contribution in [0.1, 0.15) is 16.2 Å². The molecule has 0 spiro atoms. The lowest BCUT2D eigenvalue weighted by Crippen LogP contribution is -2.27. The maximum Gasteiger partial charge on any atom is 0.271 e. The van der Waals surface area contributed by atoms with Crippen molar-refractivity contribution in [2.75, 3.05) is 6.54 Å². The molecule has 92 valence electrons. The minimum absolute atomic E-state index is 0.182. The molecule has 2 aromatic rings. The molecule has 2 rings (SSSR count). The maximum absolute atomic E-state index is 11.8. The third-order valence-corrected chi connectivity index (χ3v) is 3.01. The van der Waals surface area contributed by atoms with Crippen LogP contribution in [0.5, 0.6) is 0 Å². The first kappa shape index (κ1) is 12.7. The number of aromatic nitrogens is 2. The molecule has 0 bridgehead atoms. The van der Waals surface area contributed by atoms with E-state index >= 15 is 0 Å². The van der Waals surface area contributed by atoms with Gasteiger partial charge in [-0.1, -0.05) is 6.07 Å². The van der Waals surface area contributed by atoms with Crippen LogP contribution in [0.15, 0.2) is 47.2 Å². The summed E-state index contributed by atoms with van der Waals surface area (Å²) < 4.78 is 0.695. The van der Waals surface area contributed by atoms with Gasteiger partial charge in [0.25, 0.3) is 5.91 Å². The van der Waals surface area contributed by atoms with Gasteiger partial charge in [-0.3, -0.25) is 9.78 Å². The van der Waals surface area contributed by atoms with E-state index in [4.69, 9.17) is 0 Å². The first-order chi connectivity index (χ1) is 8.77. The van der Waals surface area contributed by atoms with Gasteiger partial charge in [0.15, 0.2) is 0 Å². The minimum Gasteiger partial charge on any atom is -0.350 e. The van der Waals surface area contributed by atoms with E-state index in [0.29, 0.717) is 23.1 Å². The van der Waals surface area contributed by atoms with Gasteiger partial charge in [-0.05, 0) is 40.2 Å². The molecule has 0 radical (unpaired) electrons. The molecule has 0 saturated carbocycles. The Morgan fingerprint density at radius 1 is 1.17 bits per heavy atom. The second kappa shape index (κ2) is 6.26. The van der Waals surface area contributed by atoms with Crippen LogP contribution in [0.2, 0.25) is 0 Å². The molecule has 0 aliphatic carbocycles. The van der Waals surface area contributed by atoms with Crippen molar-refractivity contribution in [2.45, 2.75) is 6.42 Å². The SMILES string of the molecule is O=C(NCCc1ccccn1)c1ncccc1Br. The molecule has 18 heavy (non-hydrogen) atoms. The Kier molecular flexibility index (Phi) is 4.41. The molecule has 0 unspecified atom stereocenters. The molecule has 0 saturated heterocycles. The summed E-state index contributed by atoms with van der Waals surface area (Å²) in [4.78, 5) is 20.1. The highest BCUT2D eigenvalue weighted by molar-refractivity contribution is 9.10. The molecule has 1 N–H and O–H groups in total. The fraction of sp³-hybridized carbons (Fsp3) is 0.154. The predicted molar refractivity (Wildman–Crippen MR) is 72.2 cm³/mol. The van der Waals surface area contributed by atoms with Crippen LogP contribution in [-0.4, -0.2) is 22.4 Å². The van der Waals surface area contributed by atoms with Crippen LogP contribution in [-0.2, 0) is 6.42 Å². The van der Waals surface area contributed by atoms with Crippen LogP contribution >= 0.6 is 15.9 Å². The molecule has 0 aliphatic heterocycles. The topological polar surface area (TPSA) is 54.9 Å². The van der Waals surface area contributed by atoms with E-state index in [1.54, 1.807) is 24.5 Å². The number of carbonyl (C=O) groups excluding carboxylic acids is 1. The van der Waals surface area contributed by atoms with E-state index in [2.05, 4.69) is 31.2 Å². The van der Waals surface area contributed by atoms with E-state index in [1.807, 2.05) is 18.2 Å². The third kappa shape index (κ3) is 3.37. The van der Waals surface area contributed by atoms with Crippen molar-refractivity contribution >= 4 is 21.8 Å². The number of rotatable bonds is 4. The van der Waals surface area contributed by atoms with Crippen molar-refractivity contribution in [2.24, 2.45) is 0 Å². The zero-order valence-corrected chi connectivity index (χ0v) is 11.2. The van der Waals surface area contributed by atoms with Gasteiger partial charge >= 0.3 is 0 Å². The number of amides is 1. The van der Waals surface area contributed by atoms with Crippen molar-refractivity contribution in [3.05, 3.63) is 58.6 Å². The minimum atomic E-state index is -0.182. The van der Waals surface area contributed by atoms with Crippen molar-refractivity contribution < 1.29 is 4.79 Å². The van der Waals surface area contributed by atoms with Gasteiger partial charge in [-0.2, -0.15) is 0 Å². The molecule has 1 amide bonds. The Morgan fingerprint density at radius 3 is 2.72 bits per heavy atom. The highest BCUT2D eigenvalue weighted by atomic mass is 79.9. The monoisotopic (exact) mass is 305 g/mol. The van der Waals surface area contributed by atoms with Gasteiger partial charge in [0.2, 0.25) is 0 Å². The van der Waals surface area contributed by atoms with Gasteiger partial charge in [-0.15, -0.1) is 0 Å². The first-order valence-electron chi connectivity index (χ1n) is 5.56. The Labute approximate surface area is 114 Å². The normalized spacial score (nSPS) is 10.1. The molecular weight excluding hydrogens is 294 g/mol. The lowest BCUT2D eigenvalue weighted by atomic mass is 10.2. The molecule has 5 heteroatoms. The number of hydrogen-bond acceptors (Lipinski definition) is 3. The fourth-order valence-corrected chi connectivity index (χ4v) is 1.92. The number of nitrogens with zero attached hydrogens (tertiary/aromatic N) is 2. The van der Waals surface area contributed by atoms with Crippen molar-refractivity contribution in [1.29, 1.82) is 0 Å². The number of nitrogens with one attached hydrogen (secondary N) is 1. The van der Waals surface area contributed by atoms with Crippen molar-refractivity contribution in [1.82, 2.24) is 15.3 Å². The molecule has 0 aromatic carbocycles. The fourth-order valence-electron chi connectivity index (χ4n) is 1.49. The quantitative estimate of drug-likeness (QED) is 0.942. The maximum atomic E-state index is 11.8. The Hall–Kier alpha value is -1.75. The number of carbonyl (C=O) groups is 1. The van der Waals surface area contributed by atoms with E-state index < -0.39 is 0 Å². The average molecular weight is 306 g/mol. The van der Waals surface area contributed by atoms with E-state index in [-0.39, 0.29) is 5.91 Å². The second-order valence-electron chi connectivity index (χ2n) is 3.66. The summed E-state index contributed by atoms with van der Waals surface area (Å²) in [7, 11) is 0. The number of pyridine rings is 2. The largest absolute Gasteiger partial charge is 0.350 e. The third-order valence-electron chi connectivity index (χ3n) is 2.37. The van der Waals surface area contributed by atoms with Crippen LogP contribution < -0.4 is 5.32 Å². The van der Waals surface area contributed by atoms with Crippen LogP contribution in [0, 0.1) is 0 Å². The molecule has 0 fully saturated rings. The summed E-state index contributed by atoms with van der Waals surface area (Å²) in [5.41, 5.74) is 1.36. The molecule has 0 atom stereocenters. The second-order valence-corrected chi connectivity index (χ2v) is 4.52. The Morgan fingerprint density at radius 2 is 2.00 bits per heavy atom. The Balaban J connectivity index is 1.88. The number of halogens is 1. The first-order valence-corrected chi connectivity index (χ1v) is 6.35. The lowest BCUT2D eigenvalue weighted by Gasteiger charge is -2.05. The Bertz CT molecular complexity index is 531. The molecule has 2 heterocycles. The summed E-state index contributed by atoms with van der Waals surface area (Å²) in [5, 5.41) is 2.82. The van der Waals surface area contributed by atoms with E-state index in [0.717, 1.165) is 5.69 Å². The summed E-state index contributed by atoms with van der Waals surface area (Å²) in [6, 6.07) is 9.30. The summed E-state index contributed by atoms with van der Waals surface area (Å²) in [5.74, 6) is -0.182. The van der Waals surface area contributed by atoms with Gasteiger partial charge in [0.05, 0.1) is 0 Å². The van der Waals surface area contributed by atoms with Gasteiger partial charge in [-0.25, -0.2) is 4.98 Å². The van der Waals surface area contributed by atoms with Crippen LogP contribution in [0.4, 0.5) is 0 Å². The van der Waals surface area contributed by atoms with Crippen LogP contribution in [0.3, 0.4) is 0 Å². The smallest absolute Gasteiger partial charge is 0.271 e. The summed E-state index contributed by atoms with van der Waals surface area (Å²) >= 11 is 3.30. The average Bonchev–Trinajstić information content (AvgIpc) is 2.40. The standard InChI is InChI=1S/C13H12BrN3O/c14-11-5-3-8-16-12(11)13(18)17-9-6-10-4-1-2-7-15-10/h1-5,7-8H,6,9H2,(H,17,18). The molecule has 4 nitrogen and oxygen atoms in total. The van der Waals surface area contributed by atoms with E-state index in [9.17, 15) is 4.79 Å². The van der Waals surface area contributed by atoms with E-state index in [1.165, 1.54) is 0 Å². The van der Waals surface area contributed by atoms with Crippen LogP contribution in [0.25, 0.3) is 0 Å². The summed E-state index contributed by atoms with van der Waals surface area (Å²) in [6.45, 7) is 0.541. The van der Waals surface area contributed by atoms with Gasteiger partial charge < -0.3 is 5.32 Å². The highest BCUT2D eigenvalue weighted by Gasteiger charge is 2.09. The highest BCUT2D eigenvalue weighted by Crippen LogP contribution is 2.12. The molecule has 0 aliphatic rings. The predicted octanol–water partition coefficient (Wildman–Crippen LogP) is 2.21. The van der Waals surface area contributed by atoms with Gasteiger partial charge in [0, 0.05) is 35.5 Å². The lowest BCUT2D eigenvalue weighted by molar-refractivity contribution is 0.0948. The van der Waals surface area contributed by atoms with Crippen molar-refractivity contribution in [3.63, 3.8) is 0 Å². The van der Waals surface area contributed by atoms with Crippen molar-refractivity contribution in [3.8, 4) is 0 Å². The zero-order valence-electron chi connectivity index (χ0n) is 9.64. The zero-order chi connectivity index (χ0) is 12.8. The number of hydrogen-bond donors (Lipinski definition) is 1. The summed E-state index contributed by atoms with van der Waals surface area (Å²) in [6.07, 6.45) is 4.04.